The summed E-state index contributed by atoms with van der Waals surface area (Å²) in [5.41, 5.74) is 8.80. The lowest BCUT2D eigenvalue weighted by molar-refractivity contribution is 0.918. The van der Waals surface area contributed by atoms with Crippen molar-refractivity contribution in [2.24, 2.45) is 0 Å². The largest absolute Gasteiger partial charge is 0.393 e. The third kappa shape index (κ3) is 3.88. The van der Waals surface area contributed by atoms with E-state index in [1.54, 1.807) is 18.6 Å². The van der Waals surface area contributed by atoms with Gasteiger partial charge in [-0.1, -0.05) is 36.4 Å². The minimum Gasteiger partial charge on any atom is -0.393 e. The molecule has 0 radical (unpaired) electrons. The SMILES string of the molecule is Nc1c(Nc2cccnc2)ncnc1N(Cc1ccccc1)c1ccccn1. The van der Waals surface area contributed by atoms with E-state index >= 15 is 0 Å². The van der Waals surface area contributed by atoms with Gasteiger partial charge in [-0.05, 0) is 29.8 Å². The first-order valence-corrected chi connectivity index (χ1v) is 8.81. The standard InChI is InChI=1S/C21H19N7/c22-19-20(27-17-9-6-11-23-13-17)25-15-26-21(19)28(18-10-4-5-12-24-18)14-16-7-2-1-3-8-16/h1-13,15H,14,22H2,(H,25,26,27). The Morgan fingerprint density at radius 1 is 0.857 bits per heavy atom. The van der Waals surface area contributed by atoms with E-state index in [-0.39, 0.29) is 0 Å². The molecule has 0 aliphatic heterocycles. The van der Waals surface area contributed by atoms with E-state index in [0.29, 0.717) is 23.9 Å². The van der Waals surface area contributed by atoms with Crippen LogP contribution in [0, 0.1) is 0 Å². The lowest BCUT2D eigenvalue weighted by Crippen LogP contribution is -2.21. The van der Waals surface area contributed by atoms with Crippen molar-refractivity contribution in [2.45, 2.75) is 6.54 Å². The lowest BCUT2D eigenvalue weighted by atomic mass is 10.2. The Morgan fingerprint density at radius 2 is 1.71 bits per heavy atom. The molecule has 0 saturated heterocycles. The average molecular weight is 369 g/mol. The topological polar surface area (TPSA) is 92.8 Å². The first kappa shape index (κ1) is 17.4. The number of hydrogen-bond acceptors (Lipinski definition) is 7. The molecule has 3 heterocycles. The molecule has 0 unspecified atom stereocenters. The first-order valence-electron chi connectivity index (χ1n) is 8.81. The summed E-state index contributed by atoms with van der Waals surface area (Å²) >= 11 is 0. The van der Waals surface area contributed by atoms with Crippen LogP contribution in [-0.2, 0) is 6.54 Å². The van der Waals surface area contributed by atoms with Gasteiger partial charge in [0.05, 0.1) is 18.4 Å². The van der Waals surface area contributed by atoms with E-state index in [2.05, 4.69) is 37.4 Å². The van der Waals surface area contributed by atoms with E-state index < -0.39 is 0 Å². The van der Waals surface area contributed by atoms with Gasteiger partial charge in [-0.3, -0.25) is 4.98 Å². The number of anilines is 5. The van der Waals surface area contributed by atoms with E-state index in [4.69, 9.17) is 5.73 Å². The second-order valence-electron chi connectivity index (χ2n) is 6.09. The van der Waals surface area contributed by atoms with Gasteiger partial charge in [-0.2, -0.15) is 0 Å². The van der Waals surface area contributed by atoms with Crippen molar-refractivity contribution in [3.05, 3.63) is 91.1 Å². The molecule has 7 nitrogen and oxygen atoms in total. The molecule has 4 aromatic rings. The number of nitrogens with zero attached hydrogens (tertiary/aromatic N) is 5. The Morgan fingerprint density at radius 3 is 2.46 bits per heavy atom. The summed E-state index contributed by atoms with van der Waals surface area (Å²) in [6.07, 6.45) is 6.66. The van der Waals surface area contributed by atoms with Crippen LogP contribution < -0.4 is 16.0 Å². The monoisotopic (exact) mass is 369 g/mol. The summed E-state index contributed by atoms with van der Waals surface area (Å²) < 4.78 is 0. The maximum Gasteiger partial charge on any atom is 0.163 e. The Hall–Kier alpha value is -4.00. The number of nitrogens with two attached hydrogens (primary N) is 1. The quantitative estimate of drug-likeness (QED) is 0.532. The molecule has 4 rings (SSSR count). The number of benzene rings is 1. The van der Waals surface area contributed by atoms with Crippen LogP contribution in [0.4, 0.5) is 28.8 Å². The molecule has 1 aromatic carbocycles. The number of hydrogen-bond donors (Lipinski definition) is 2. The Labute approximate surface area is 162 Å². The molecule has 0 aliphatic carbocycles. The van der Waals surface area contributed by atoms with E-state index in [1.807, 2.05) is 53.4 Å². The van der Waals surface area contributed by atoms with Crippen molar-refractivity contribution in [1.29, 1.82) is 0 Å². The predicted octanol–water partition coefficient (Wildman–Crippen LogP) is 3.93. The first-order chi connectivity index (χ1) is 13.8. The Bertz CT molecular complexity index is 1020. The molecule has 7 heteroatoms. The fourth-order valence-electron chi connectivity index (χ4n) is 2.82. The van der Waals surface area contributed by atoms with Gasteiger partial charge < -0.3 is 16.0 Å². The summed E-state index contributed by atoms with van der Waals surface area (Å²) in [4.78, 5) is 19.3. The van der Waals surface area contributed by atoms with Crippen LogP contribution in [-0.4, -0.2) is 19.9 Å². The van der Waals surface area contributed by atoms with Crippen molar-refractivity contribution in [1.82, 2.24) is 19.9 Å². The van der Waals surface area contributed by atoms with Gasteiger partial charge in [0, 0.05) is 12.4 Å². The molecule has 138 valence electrons. The fraction of sp³-hybridized carbons (Fsp3) is 0.0476. The van der Waals surface area contributed by atoms with Gasteiger partial charge in [0.2, 0.25) is 0 Å². The number of rotatable bonds is 6. The zero-order valence-electron chi connectivity index (χ0n) is 15.1. The smallest absolute Gasteiger partial charge is 0.163 e. The molecule has 0 aliphatic rings. The number of pyridine rings is 2. The zero-order valence-corrected chi connectivity index (χ0v) is 15.1. The van der Waals surface area contributed by atoms with Crippen molar-refractivity contribution in [3.8, 4) is 0 Å². The second kappa shape index (κ2) is 8.13. The summed E-state index contributed by atoms with van der Waals surface area (Å²) in [6.45, 7) is 0.575. The maximum absolute atomic E-state index is 6.45. The zero-order chi connectivity index (χ0) is 19.2. The highest BCUT2D eigenvalue weighted by atomic mass is 15.3. The molecule has 0 atom stereocenters. The Kier molecular flexibility index (Phi) is 5.06. The van der Waals surface area contributed by atoms with Crippen LogP contribution in [0.2, 0.25) is 0 Å². The number of nitrogen functional groups attached to an aromatic ring is 1. The van der Waals surface area contributed by atoms with Crippen molar-refractivity contribution >= 4 is 28.8 Å². The molecule has 0 saturated carbocycles. The van der Waals surface area contributed by atoms with Gasteiger partial charge >= 0.3 is 0 Å². The summed E-state index contributed by atoms with van der Waals surface area (Å²) in [5, 5.41) is 3.20. The third-order valence-electron chi connectivity index (χ3n) is 4.15. The highest BCUT2D eigenvalue weighted by Gasteiger charge is 2.18. The minimum atomic E-state index is 0.438. The normalized spacial score (nSPS) is 10.4. The number of aromatic nitrogens is 4. The molecule has 0 bridgehead atoms. The van der Waals surface area contributed by atoms with Gasteiger partial charge in [-0.25, -0.2) is 15.0 Å². The van der Waals surface area contributed by atoms with Gasteiger partial charge in [0.25, 0.3) is 0 Å². The maximum atomic E-state index is 6.45. The lowest BCUT2D eigenvalue weighted by Gasteiger charge is -2.24. The van der Waals surface area contributed by atoms with Crippen LogP contribution in [0.5, 0.6) is 0 Å². The minimum absolute atomic E-state index is 0.438. The molecule has 3 N–H and O–H groups in total. The number of nitrogens with one attached hydrogen (secondary N) is 1. The van der Waals surface area contributed by atoms with Crippen LogP contribution in [0.25, 0.3) is 0 Å². The second-order valence-corrected chi connectivity index (χ2v) is 6.09. The average Bonchev–Trinajstić information content (AvgIpc) is 2.76. The van der Waals surface area contributed by atoms with Crippen LogP contribution >= 0.6 is 0 Å². The van der Waals surface area contributed by atoms with Crippen LogP contribution in [0.1, 0.15) is 5.56 Å². The van der Waals surface area contributed by atoms with E-state index in [1.165, 1.54) is 6.33 Å². The fourth-order valence-corrected chi connectivity index (χ4v) is 2.82. The molecule has 0 fully saturated rings. The van der Waals surface area contributed by atoms with E-state index in [0.717, 1.165) is 17.1 Å². The highest BCUT2D eigenvalue weighted by Crippen LogP contribution is 2.33. The molecular formula is C21H19N7. The van der Waals surface area contributed by atoms with Crippen molar-refractivity contribution in [2.75, 3.05) is 16.0 Å². The Balaban J connectivity index is 1.73. The third-order valence-corrected chi connectivity index (χ3v) is 4.15. The summed E-state index contributed by atoms with van der Waals surface area (Å²) in [7, 11) is 0. The van der Waals surface area contributed by atoms with E-state index in [9.17, 15) is 0 Å². The molecule has 0 spiro atoms. The van der Waals surface area contributed by atoms with Crippen LogP contribution in [0.3, 0.4) is 0 Å². The van der Waals surface area contributed by atoms with Gasteiger partial charge in [-0.15, -0.1) is 0 Å². The molecule has 3 aromatic heterocycles. The van der Waals surface area contributed by atoms with Gasteiger partial charge in [0.1, 0.15) is 17.8 Å². The molecule has 28 heavy (non-hydrogen) atoms. The predicted molar refractivity (Wildman–Crippen MR) is 110 cm³/mol. The van der Waals surface area contributed by atoms with Crippen LogP contribution in [0.15, 0.2) is 85.6 Å². The summed E-state index contributed by atoms with van der Waals surface area (Å²) in [6, 6.07) is 19.6. The molecular weight excluding hydrogens is 350 g/mol. The van der Waals surface area contributed by atoms with Gasteiger partial charge in [0.15, 0.2) is 11.6 Å². The summed E-state index contributed by atoms with van der Waals surface area (Å²) in [5.74, 6) is 1.86. The van der Waals surface area contributed by atoms with Crippen molar-refractivity contribution in [3.63, 3.8) is 0 Å². The highest BCUT2D eigenvalue weighted by molar-refractivity contribution is 5.80. The molecule has 0 amide bonds. The van der Waals surface area contributed by atoms with Crippen molar-refractivity contribution < 1.29 is 0 Å².